The van der Waals surface area contributed by atoms with E-state index < -0.39 is 97.5 Å². The summed E-state index contributed by atoms with van der Waals surface area (Å²) < 4.78 is 68.1. The van der Waals surface area contributed by atoms with Gasteiger partial charge in [-0.25, -0.2) is 9.13 Å². The van der Waals surface area contributed by atoms with Crippen molar-refractivity contribution in [3.8, 4) is 0 Å². The first-order valence-electron chi connectivity index (χ1n) is 36.5. The third-order valence-electron chi connectivity index (χ3n) is 16.2. The van der Waals surface area contributed by atoms with Crippen molar-refractivity contribution in [3.63, 3.8) is 0 Å². The third-order valence-corrected chi connectivity index (χ3v) is 18.1. The lowest BCUT2D eigenvalue weighted by molar-refractivity contribution is -0.161. The minimum atomic E-state index is -4.95. The summed E-state index contributed by atoms with van der Waals surface area (Å²) in [7, 11) is -9.89. The van der Waals surface area contributed by atoms with Crippen molar-refractivity contribution in [1.29, 1.82) is 0 Å². The van der Waals surface area contributed by atoms with Gasteiger partial charge in [-0.2, -0.15) is 0 Å². The molecule has 0 rings (SSSR count). The molecule has 0 aromatic carbocycles. The van der Waals surface area contributed by atoms with E-state index in [0.717, 1.165) is 109 Å². The van der Waals surface area contributed by atoms with E-state index in [2.05, 4.69) is 41.5 Å². The predicted molar refractivity (Wildman–Crippen MR) is 358 cm³/mol. The molecular formula is C70H136O17P2. The summed E-state index contributed by atoms with van der Waals surface area (Å²) in [6, 6.07) is 0. The summed E-state index contributed by atoms with van der Waals surface area (Å²) in [5.74, 6) is -0.677. The molecule has 3 N–H and O–H groups in total. The van der Waals surface area contributed by atoms with Gasteiger partial charge in [-0.1, -0.05) is 305 Å². The van der Waals surface area contributed by atoms with Crippen molar-refractivity contribution in [1.82, 2.24) is 0 Å². The Balaban J connectivity index is 5.17. The van der Waals surface area contributed by atoms with Gasteiger partial charge in [0, 0.05) is 25.7 Å². The summed E-state index contributed by atoms with van der Waals surface area (Å²) in [4.78, 5) is 72.4. The van der Waals surface area contributed by atoms with E-state index in [1.54, 1.807) is 0 Å². The van der Waals surface area contributed by atoms with Crippen molar-refractivity contribution >= 4 is 39.5 Å². The number of hydrogen-bond acceptors (Lipinski definition) is 15. The summed E-state index contributed by atoms with van der Waals surface area (Å²) in [5.41, 5.74) is 0. The largest absolute Gasteiger partial charge is 0.472 e. The molecule has 89 heavy (non-hydrogen) atoms. The van der Waals surface area contributed by atoms with E-state index in [-0.39, 0.29) is 25.7 Å². The molecule has 0 saturated heterocycles. The number of carbonyl (C=O) groups excluding carboxylic acids is 4. The number of aliphatic hydroxyl groups is 1. The Morgan fingerprint density at radius 1 is 0.303 bits per heavy atom. The Hall–Kier alpha value is -1.94. The monoisotopic (exact) mass is 1310 g/mol. The van der Waals surface area contributed by atoms with Crippen molar-refractivity contribution < 1.29 is 80.2 Å². The fourth-order valence-corrected chi connectivity index (χ4v) is 12.2. The molecule has 2 unspecified atom stereocenters. The Morgan fingerprint density at radius 3 is 0.764 bits per heavy atom. The molecule has 0 spiro atoms. The van der Waals surface area contributed by atoms with Crippen LogP contribution in [0.25, 0.3) is 0 Å². The molecule has 0 aromatic rings. The molecule has 17 nitrogen and oxygen atoms in total. The Bertz CT molecular complexity index is 1730. The van der Waals surface area contributed by atoms with Gasteiger partial charge in [0.2, 0.25) is 0 Å². The fourth-order valence-electron chi connectivity index (χ4n) is 10.6. The van der Waals surface area contributed by atoms with Crippen molar-refractivity contribution in [2.45, 2.75) is 374 Å². The zero-order valence-electron chi connectivity index (χ0n) is 57.7. The normalized spacial score (nSPS) is 14.1. The SMILES string of the molecule is CCCCCCCCCCCCCCCCCCCCCC(=O)O[C@H](COC(=O)CCCCCCCCCCCCC(C)C)COP(=O)(O)OC[C@@H](O)COP(=O)(O)OC[C@@H](COC(=O)CCCCCCCCC)OC(=O)CCCCCCCCCC(C)C. The number of hydrogen-bond donors (Lipinski definition) is 3. The number of phosphoric ester groups is 2. The predicted octanol–water partition coefficient (Wildman–Crippen LogP) is 20.0. The first-order chi connectivity index (χ1) is 42.9. The second kappa shape index (κ2) is 62.2. The van der Waals surface area contributed by atoms with Crippen molar-refractivity contribution in [3.05, 3.63) is 0 Å². The molecule has 0 aliphatic heterocycles. The first kappa shape index (κ1) is 87.1. The Kier molecular flexibility index (Phi) is 60.8. The number of aliphatic hydroxyl groups excluding tert-OH is 1. The highest BCUT2D eigenvalue weighted by Gasteiger charge is 2.30. The maximum absolute atomic E-state index is 13.0. The molecule has 0 aromatic heterocycles. The molecular weight excluding hydrogens is 1170 g/mol. The molecule has 0 aliphatic rings. The molecule has 0 aliphatic carbocycles. The minimum absolute atomic E-state index is 0.103. The summed E-state index contributed by atoms with van der Waals surface area (Å²) >= 11 is 0. The van der Waals surface area contributed by atoms with Crippen LogP contribution in [-0.2, 0) is 65.4 Å². The molecule has 0 radical (unpaired) electrons. The average molecular weight is 1310 g/mol. The minimum Gasteiger partial charge on any atom is -0.462 e. The third kappa shape index (κ3) is 64.6. The standard InChI is InChI=1S/C70H136O17P2/c1-7-9-11-13-15-16-17-18-19-20-21-22-23-24-25-30-36-42-48-54-69(74)86-66(59-81-68(73)53-47-41-35-29-27-26-28-33-38-44-50-62(3)4)61-85-89(78,79)83-57-64(71)56-82-88(76,77)84-60-65(58-80-67(72)52-46-40-32-14-12-10-8-2)87-70(75)55-49-43-37-31-34-39-45-51-63(5)6/h62-66,71H,7-61H2,1-6H3,(H,76,77)(H,78,79)/t64-,65+,66+/m0/s1. The molecule has 0 amide bonds. The van der Waals surface area contributed by atoms with Crippen LogP contribution in [0.1, 0.15) is 356 Å². The van der Waals surface area contributed by atoms with E-state index in [9.17, 15) is 43.2 Å². The van der Waals surface area contributed by atoms with E-state index in [0.29, 0.717) is 31.6 Å². The molecule has 5 atom stereocenters. The van der Waals surface area contributed by atoms with Gasteiger partial charge in [0.05, 0.1) is 26.4 Å². The van der Waals surface area contributed by atoms with Gasteiger partial charge in [0.25, 0.3) is 0 Å². The lowest BCUT2D eigenvalue weighted by Gasteiger charge is -2.21. The van der Waals surface area contributed by atoms with Crippen LogP contribution >= 0.6 is 15.6 Å². The van der Waals surface area contributed by atoms with Crippen LogP contribution in [0.5, 0.6) is 0 Å². The topological polar surface area (TPSA) is 237 Å². The lowest BCUT2D eigenvalue weighted by Crippen LogP contribution is -2.30. The number of unbranched alkanes of at least 4 members (excludes halogenated alkanes) is 39. The van der Waals surface area contributed by atoms with E-state index in [1.807, 2.05) is 0 Å². The maximum atomic E-state index is 13.0. The number of esters is 4. The van der Waals surface area contributed by atoms with Gasteiger partial charge < -0.3 is 33.8 Å². The highest BCUT2D eigenvalue weighted by Crippen LogP contribution is 2.45. The van der Waals surface area contributed by atoms with Crippen LogP contribution in [-0.4, -0.2) is 96.7 Å². The first-order valence-corrected chi connectivity index (χ1v) is 39.5. The molecule has 19 heteroatoms. The molecule has 0 bridgehead atoms. The summed E-state index contributed by atoms with van der Waals surface area (Å²) in [5, 5.41) is 10.6. The Morgan fingerprint density at radius 2 is 0.517 bits per heavy atom. The smallest absolute Gasteiger partial charge is 0.462 e. The van der Waals surface area contributed by atoms with E-state index in [4.69, 9.17) is 37.0 Å². The lowest BCUT2D eigenvalue weighted by atomic mass is 10.0. The van der Waals surface area contributed by atoms with Crippen LogP contribution in [0, 0.1) is 11.8 Å². The van der Waals surface area contributed by atoms with E-state index in [1.165, 1.54) is 161 Å². The van der Waals surface area contributed by atoms with Gasteiger partial charge >= 0.3 is 39.5 Å². The van der Waals surface area contributed by atoms with Crippen LogP contribution in [0.15, 0.2) is 0 Å². The summed E-state index contributed by atoms with van der Waals surface area (Å²) in [6.45, 7) is 9.43. The highest BCUT2D eigenvalue weighted by atomic mass is 31.2. The average Bonchev–Trinajstić information content (AvgIpc) is 3.71. The quantitative estimate of drug-likeness (QED) is 0.0222. The van der Waals surface area contributed by atoms with Gasteiger partial charge in [-0.3, -0.25) is 37.3 Å². The van der Waals surface area contributed by atoms with Gasteiger partial charge in [0.1, 0.15) is 19.3 Å². The van der Waals surface area contributed by atoms with Crippen LogP contribution < -0.4 is 0 Å². The van der Waals surface area contributed by atoms with Crippen LogP contribution in [0.4, 0.5) is 0 Å². The van der Waals surface area contributed by atoms with Gasteiger partial charge in [-0.15, -0.1) is 0 Å². The number of phosphoric acid groups is 2. The van der Waals surface area contributed by atoms with Crippen molar-refractivity contribution in [2.24, 2.45) is 11.8 Å². The summed E-state index contributed by atoms with van der Waals surface area (Å²) in [6.07, 6.45) is 47.5. The fraction of sp³-hybridized carbons (Fsp3) is 0.943. The maximum Gasteiger partial charge on any atom is 0.472 e. The second-order valence-corrected chi connectivity index (χ2v) is 29.1. The highest BCUT2D eigenvalue weighted by molar-refractivity contribution is 7.47. The van der Waals surface area contributed by atoms with Crippen molar-refractivity contribution in [2.75, 3.05) is 39.6 Å². The Labute approximate surface area is 543 Å². The van der Waals surface area contributed by atoms with E-state index >= 15 is 0 Å². The molecule has 0 saturated carbocycles. The van der Waals surface area contributed by atoms with Crippen LogP contribution in [0.2, 0.25) is 0 Å². The molecule has 0 fully saturated rings. The molecule has 0 heterocycles. The van der Waals surface area contributed by atoms with Gasteiger partial charge in [0.15, 0.2) is 12.2 Å². The van der Waals surface area contributed by atoms with Crippen LogP contribution in [0.3, 0.4) is 0 Å². The second-order valence-electron chi connectivity index (χ2n) is 26.2. The van der Waals surface area contributed by atoms with Gasteiger partial charge in [-0.05, 0) is 37.5 Å². The zero-order chi connectivity index (χ0) is 65.7. The molecule has 528 valence electrons. The number of carbonyl (C=O) groups is 4. The number of rotatable bonds is 69. The zero-order valence-corrected chi connectivity index (χ0v) is 59.5. The number of ether oxygens (including phenoxy) is 4.